The van der Waals surface area contributed by atoms with Gasteiger partial charge in [-0.2, -0.15) is 0 Å². The van der Waals surface area contributed by atoms with Crippen LogP contribution in [0, 0.1) is 0 Å². The second-order valence-corrected chi connectivity index (χ2v) is 12.1. The SMILES string of the molecule is CCCCCCCC/C=C\C/C=C\C(O)CC(=O)NC(CO)C(O)CCCCCCCCCCCCCCCCC. The Morgan fingerprint density at radius 2 is 1.10 bits per heavy atom. The van der Waals surface area contributed by atoms with E-state index < -0.39 is 18.2 Å². The number of amides is 1. The van der Waals surface area contributed by atoms with E-state index in [1.54, 1.807) is 6.08 Å². The molecule has 3 unspecified atom stereocenters. The number of carbonyl (C=O) groups is 1. The third-order valence-electron chi connectivity index (χ3n) is 8.03. The van der Waals surface area contributed by atoms with Crippen molar-refractivity contribution in [2.75, 3.05) is 6.61 Å². The zero-order valence-corrected chi connectivity index (χ0v) is 27.2. The molecule has 0 fully saturated rings. The summed E-state index contributed by atoms with van der Waals surface area (Å²) >= 11 is 0. The molecule has 0 spiro atoms. The van der Waals surface area contributed by atoms with Crippen LogP contribution >= 0.6 is 0 Å². The van der Waals surface area contributed by atoms with E-state index in [1.807, 2.05) is 6.08 Å². The van der Waals surface area contributed by atoms with Gasteiger partial charge in [0.05, 0.1) is 31.3 Å². The molecule has 0 radical (unpaired) electrons. The summed E-state index contributed by atoms with van der Waals surface area (Å²) in [6.07, 6.45) is 35.8. The monoisotopic (exact) mass is 580 g/mol. The smallest absolute Gasteiger partial charge is 0.223 e. The standard InChI is InChI=1S/C36H69NO4/c1-3-5-7-9-11-13-15-16-17-18-20-22-24-26-28-30-35(40)34(32-38)37-36(41)31-33(39)29-27-25-23-21-19-14-12-10-8-6-4-2/h21,23,27,29,33-35,38-40H,3-20,22,24-26,28,30-32H2,1-2H3,(H,37,41)/b23-21-,29-27-. The van der Waals surface area contributed by atoms with Gasteiger partial charge in [-0.15, -0.1) is 0 Å². The first-order valence-corrected chi connectivity index (χ1v) is 17.6. The summed E-state index contributed by atoms with van der Waals surface area (Å²) in [5, 5.41) is 33.0. The van der Waals surface area contributed by atoms with Gasteiger partial charge in [0.1, 0.15) is 0 Å². The average molecular weight is 580 g/mol. The van der Waals surface area contributed by atoms with Crippen LogP contribution in [0.5, 0.6) is 0 Å². The maximum atomic E-state index is 12.3. The average Bonchev–Trinajstić information content (AvgIpc) is 2.96. The maximum absolute atomic E-state index is 12.3. The van der Waals surface area contributed by atoms with Gasteiger partial charge in [0.2, 0.25) is 5.91 Å². The molecule has 242 valence electrons. The lowest BCUT2D eigenvalue weighted by atomic mass is 10.0. The normalized spacial score (nSPS) is 14.2. The summed E-state index contributed by atoms with van der Waals surface area (Å²) < 4.78 is 0. The van der Waals surface area contributed by atoms with Crippen molar-refractivity contribution in [1.82, 2.24) is 5.32 Å². The lowest BCUT2D eigenvalue weighted by molar-refractivity contribution is -0.124. The Morgan fingerprint density at radius 3 is 1.59 bits per heavy atom. The summed E-state index contributed by atoms with van der Waals surface area (Å²) in [5.41, 5.74) is 0. The van der Waals surface area contributed by atoms with Crippen molar-refractivity contribution in [2.24, 2.45) is 0 Å². The van der Waals surface area contributed by atoms with Gasteiger partial charge < -0.3 is 20.6 Å². The minimum absolute atomic E-state index is 0.0693. The molecule has 0 saturated carbocycles. The topological polar surface area (TPSA) is 89.8 Å². The fourth-order valence-electron chi connectivity index (χ4n) is 5.28. The van der Waals surface area contributed by atoms with Crippen LogP contribution in [0.2, 0.25) is 0 Å². The Labute approximate surface area is 254 Å². The van der Waals surface area contributed by atoms with Crippen LogP contribution in [0.15, 0.2) is 24.3 Å². The lowest BCUT2D eigenvalue weighted by Crippen LogP contribution is -2.46. The lowest BCUT2D eigenvalue weighted by Gasteiger charge is -2.22. The minimum Gasteiger partial charge on any atom is -0.394 e. The van der Waals surface area contributed by atoms with Crippen LogP contribution in [-0.2, 0) is 4.79 Å². The third kappa shape index (κ3) is 28.7. The molecule has 4 N–H and O–H groups in total. The zero-order valence-electron chi connectivity index (χ0n) is 27.2. The van der Waals surface area contributed by atoms with Crippen molar-refractivity contribution in [2.45, 2.75) is 193 Å². The van der Waals surface area contributed by atoms with Crippen molar-refractivity contribution in [3.8, 4) is 0 Å². The van der Waals surface area contributed by atoms with E-state index in [-0.39, 0.29) is 18.9 Å². The quantitative estimate of drug-likeness (QED) is 0.0487. The predicted molar refractivity (Wildman–Crippen MR) is 176 cm³/mol. The molecule has 0 saturated heterocycles. The summed E-state index contributed by atoms with van der Waals surface area (Å²) in [7, 11) is 0. The Kier molecular flexibility index (Phi) is 30.9. The molecular formula is C36H69NO4. The molecular weight excluding hydrogens is 510 g/mol. The minimum atomic E-state index is -0.867. The summed E-state index contributed by atoms with van der Waals surface area (Å²) in [6.45, 7) is 4.20. The molecule has 0 aliphatic rings. The van der Waals surface area contributed by atoms with Gasteiger partial charge in [-0.05, 0) is 25.7 Å². The van der Waals surface area contributed by atoms with Crippen molar-refractivity contribution in [3.63, 3.8) is 0 Å². The largest absolute Gasteiger partial charge is 0.394 e. The van der Waals surface area contributed by atoms with Gasteiger partial charge in [0, 0.05) is 0 Å². The van der Waals surface area contributed by atoms with E-state index in [4.69, 9.17) is 0 Å². The molecule has 3 atom stereocenters. The van der Waals surface area contributed by atoms with Crippen molar-refractivity contribution < 1.29 is 20.1 Å². The summed E-state index contributed by atoms with van der Waals surface area (Å²) in [5.74, 6) is -0.352. The Balaban J connectivity index is 3.78. The molecule has 41 heavy (non-hydrogen) atoms. The number of nitrogens with one attached hydrogen (secondary N) is 1. The highest BCUT2D eigenvalue weighted by molar-refractivity contribution is 5.77. The van der Waals surface area contributed by atoms with Crippen LogP contribution < -0.4 is 5.32 Å². The van der Waals surface area contributed by atoms with Crippen LogP contribution in [0.3, 0.4) is 0 Å². The van der Waals surface area contributed by atoms with Crippen LogP contribution in [0.25, 0.3) is 0 Å². The van der Waals surface area contributed by atoms with Crippen molar-refractivity contribution in [1.29, 1.82) is 0 Å². The van der Waals surface area contributed by atoms with E-state index in [9.17, 15) is 20.1 Å². The van der Waals surface area contributed by atoms with Gasteiger partial charge in [0.15, 0.2) is 0 Å². The zero-order chi connectivity index (χ0) is 30.2. The molecule has 0 aliphatic heterocycles. The predicted octanol–water partition coefficient (Wildman–Crippen LogP) is 9.09. The van der Waals surface area contributed by atoms with E-state index >= 15 is 0 Å². The van der Waals surface area contributed by atoms with Crippen molar-refractivity contribution in [3.05, 3.63) is 24.3 Å². The van der Waals surface area contributed by atoms with E-state index in [0.717, 1.165) is 25.7 Å². The second kappa shape index (κ2) is 31.8. The van der Waals surface area contributed by atoms with E-state index in [0.29, 0.717) is 6.42 Å². The molecule has 5 heteroatoms. The fourth-order valence-corrected chi connectivity index (χ4v) is 5.28. The number of rotatable bonds is 31. The van der Waals surface area contributed by atoms with Crippen LogP contribution in [0.4, 0.5) is 0 Å². The number of hydrogen-bond acceptors (Lipinski definition) is 4. The highest BCUT2D eigenvalue weighted by atomic mass is 16.3. The van der Waals surface area contributed by atoms with Crippen LogP contribution in [-0.4, -0.2) is 46.1 Å². The molecule has 0 rings (SSSR count). The number of carbonyl (C=O) groups excluding carboxylic acids is 1. The first-order chi connectivity index (χ1) is 20.0. The van der Waals surface area contributed by atoms with Crippen LogP contribution in [0.1, 0.15) is 174 Å². The molecule has 0 aliphatic carbocycles. The van der Waals surface area contributed by atoms with Gasteiger partial charge in [-0.3, -0.25) is 4.79 Å². The molecule has 0 aromatic rings. The van der Waals surface area contributed by atoms with Gasteiger partial charge >= 0.3 is 0 Å². The van der Waals surface area contributed by atoms with Gasteiger partial charge in [0.25, 0.3) is 0 Å². The van der Waals surface area contributed by atoms with Gasteiger partial charge in [-0.25, -0.2) is 0 Å². The molecule has 5 nitrogen and oxygen atoms in total. The highest BCUT2D eigenvalue weighted by Crippen LogP contribution is 2.15. The molecule has 1 amide bonds. The first kappa shape index (κ1) is 39.8. The highest BCUT2D eigenvalue weighted by Gasteiger charge is 2.21. The fraction of sp³-hybridized carbons (Fsp3) is 0.861. The number of unbranched alkanes of at least 4 members (excludes halogenated alkanes) is 20. The number of hydrogen-bond donors (Lipinski definition) is 4. The summed E-state index contributed by atoms with van der Waals surface area (Å²) in [4.78, 5) is 12.3. The van der Waals surface area contributed by atoms with E-state index in [2.05, 4.69) is 31.3 Å². The van der Waals surface area contributed by atoms with E-state index in [1.165, 1.54) is 122 Å². The number of allylic oxidation sites excluding steroid dienone is 3. The first-order valence-electron chi connectivity index (χ1n) is 17.6. The molecule has 0 heterocycles. The molecule has 0 bridgehead atoms. The Hall–Kier alpha value is -1.17. The Bertz CT molecular complexity index is 606. The number of aliphatic hydroxyl groups excluding tert-OH is 3. The molecule has 0 aromatic heterocycles. The Morgan fingerprint density at radius 1 is 0.634 bits per heavy atom. The second-order valence-electron chi connectivity index (χ2n) is 12.1. The third-order valence-corrected chi connectivity index (χ3v) is 8.03. The number of aliphatic hydroxyl groups is 3. The van der Waals surface area contributed by atoms with Gasteiger partial charge in [-0.1, -0.05) is 167 Å². The van der Waals surface area contributed by atoms with Crippen molar-refractivity contribution >= 4 is 5.91 Å². The summed E-state index contributed by atoms with van der Waals surface area (Å²) in [6, 6.07) is -0.685. The molecule has 0 aromatic carbocycles. The maximum Gasteiger partial charge on any atom is 0.223 e.